The highest BCUT2D eigenvalue weighted by molar-refractivity contribution is 6.65. The van der Waals surface area contributed by atoms with Gasteiger partial charge in [0.15, 0.2) is 0 Å². The fourth-order valence-electron chi connectivity index (χ4n) is 2.38. The number of para-hydroxylation sites is 2. The third-order valence-electron chi connectivity index (χ3n) is 3.53. The van der Waals surface area contributed by atoms with Gasteiger partial charge in [-0.15, -0.1) is 0 Å². The lowest BCUT2D eigenvalue weighted by molar-refractivity contribution is 0.393. The van der Waals surface area contributed by atoms with Crippen LogP contribution >= 0.6 is 11.6 Å². The summed E-state index contributed by atoms with van der Waals surface area (Å²) in [4.78, 5) is 4.49. The molecule has 1 aliphatic heterocycles. The summed E-state index contributed by atoms with van der Waals surface area (Å²) < 4.78 is 5.34. The highest BCUT2D eigenvalue weighted by atomic mass is 35.5. The van der Waals surface area contributed by atoms with Crippen LogP contribution in [0.2, 0.25) is 0 Å². The minimum absolute atomic E-state index is 0.429. The molecular formula is C16H16ClN3O. The summed E-state index contributed by atoms with van der Waals surface area (Å²) in [5.41, 5.74) is 2.95. The standard InChI is InChI=1S/C16H16ClN3O/c1-19(13-8-4-3-5-9-13)20-11-12-7-6-10-14(21-2)15(12)18-16(20)17/h3-10H,11H2,1-2H3. The highest BCUT2D eigenvalue weighted by Crippen LogP contribution is 2.36. The van der Waals surface area contributed by atoms with E-state index in [1.807, 2.05) is 65.6 Å². The number of hydrogen-bond acceptors (Lipinski definition) is 4. The smallest absolute Gasteiger partial charge is 0.218 e. The van der Waals surface area contributed by atoms with Crippen molar-refractivity contribution in [2.45, 2.75) is 6.54 Å². The van der Waals surface area contributed by atoms with Gasteiger partial charge in [0.25, 0.3) is 0 Å². The number of ether oxygens (including phenoxy) is 1. The lowest BCUT2D eigenvalue weighted by Crippen LogP contribution is -2.43. The van der Waals surface area contributed by atoms with E-state index in [2.05, 4.69) is 4.99 Å². The number of hydrogen-bond donors (Lipinski definition) is 0. The van der Waals surface area contributed by atoms with Crippen LogP contribution in [0.3, 0.4) is 0 Å². The van der Waals surface area contributed by atoms with Gasteiger partial charge in [-0.3, -0.25) is 10.0 Å². The van der Waals surface area contributed by atoms with E-state index in [4.69, 9.17) is 16.3 Å². The quantitative estimate of drug-likeness (QED) is 0.808. The Labute approximate surface area is 129 Å². The van der Waals surface area contributed by atoms with E-state index in [1.165, 1.54) is 0 Å². The zero-order valence-corrected chi connectivity index (χ0v) is 12.7. The van der Waals surface area contributed by atoms with Crippen LogP contribution in [0.1, 0.15) is 5.56 Å². The molecule has 4 nitrogen and oxygen atoms in total. The molecule has 1 heterocycles. The van der Waals surface area contributed by atoms with Crippen molar-refractivity contribution in [1.29, 1.82) is 0 Å². The first-order valence-electron chi connectivity index (χ1n) is 6.67. The molecule has 0 unspecified atom stereocenters. The molecular weight excluding hydrogens is 286 g/mol. The molecule has 0 aliphatic carbocycles. The van der Waals surface area contributed by atoms with Crippen molar-refractivity contribution < 1.29 is 4.74 Å². The maximum atomic E-state index is 6.36. The summed E-state index contributed by atoms with van der Waals surface area (Å²) in [7, 11) is 3.61. The Balaban J connectivity index is 1.95. The van der Waals surface area contributed by atoms with E-state index in [0.29, 0.717) is 11.8 Å². The molecule has 2 aromatic rings. The molecule has 3 rings (SSSR count). The first kappa shape index (κ1) is 13.8. The molecule has 0 saturated heterocycles. The first-order chi connectivity index (χ1) is 10.2. The molecule has 0 N–H and O–H groups in total. The van der Waals surface area contributed by atoms with Gasteiger partial charge >= 0.3 is 0 Å². The van der Waals surface area contributed by atoms with Gasteiger partial charge in [0.2, 0.25) is 5.29 Å². The zero-order chi connectivity index (χ0) is 14.8. The number of amidine groups is 1. The largest absolute Gasteiger partial charge is 0.494 e. The molecule has 0 atom stereocenters. The molecule has 0 aromatic heterocycles. The Bertz CT molecular complexity index is 672. The van der Waals surface area contributed by atoms with Crippen molar-refractivity contribution in [3.63, 3.8) is 0 Å². The van der Waals surface area contributed by atoms with Gasteiger partial charge in [0, 0.05) is 12.6 Å². The van der Waals surface area contributed by atoms with Crippen molar-refractivity contribution in [2.24, 2.45) is 4.99 Å². The summed E-state index contributed by atoms with van der Waals surface area (Å²) >= 11 is 6.36. The Hall–Kier alpha value is -2.20. The van der Waals surface area contributed by atoms with Crippen LogP contribution in [-0.4, -0.2) is 24.5 Å². The van der Waals surface area contributed by atoms with Crippen molar-refractivity contribution >= 4 is 28.3 Å². The fourth-order valence-corrected chi connectivity index (χ4v) is 2.63. The van der Waals surface area contributed by atoms with Crippen molar-refractivity contribution in [3.05, 3.63) is 54.1 Å². The number of hydrazine groups is 1. The van der Waals surface area contributed by atoms with Crippen LogP contribution in [0.25, 0.3) is 0 Å². The monoisotopic (exact) mass is 301 g/mol. The van der Waals surface area contributed by atoms with Crippen molar-refractivity contribution in [2.75, 3.05) is 19.2 Å². The Morgan fingerprint density at radius 2 is 1.90 bits per heavy atom. The van der Waals surface area contributed by atoms with Crippen LogP contribution in [0.4, 0.5) is 11.4 Å². The van der Waals surface area contributed by atoms with E-state index >= 15 is 0 Å². The third kappa shape index (κ3) is 2.54. The third-order valence-corrected chi connectivity index (χ3v) is 3.81. The number of nitrogens with zero attached hydrogens (tertiary/aromatic N) is 3. The number of aliphatic imine (C=N–C) groups is 1. The van der Waals surface area contributed by atoms with Gasteiger partial charge in [-0.25, -0.2) is 4.99 Å². The van der Waals surface area contributed by atoms with E-state index in [1.54, 1.807) is 7.11 Å². The van der Waals surface area contributed by atoms with E-state index in [0.717, 1.165) is 22.7 Å². The molecule has 0 amide bonds. The summed E-state index contributed by atoms with van der Waals surface area (Å²) in [5.74, 6) is 0.743. The Morgan fingerprint density at radius 1 is 1.14 bits per heavy atom. The van der Waals surface area contributed by atoms with Crippen molar-refractivity contribution in [3.8, 4) is 5.75 Å². The predicted octanol–water partition coefficient (Wildman–Crippen LogP) is 3.79. The summed E-state index contributed by atoms with van der Waals surface area (Å²) in [5, 5.41) is 4.35. The number of halogens is 1. The maximum Gasteiger partial charge on any atom is 0.218 e. The Kier molecular flexibility index (Phi) is 3.71. The molecule has 108 valence electrons. The van der Waals surface area contributed by atoms with E-state index < -0.39 is 0 Å². The number of fused-ring (bicyclic) bond motifs is 1. The van der Waals surface area contributed by atoms with Gasteiger partial charge in [-0.05, 0) is 29.8 Å². The van der Waals surface area contributed by atoms with Gasteiger partial charge in [0.1, 0.15) is 11.4 Å². The van der Waals surface area contributed by atoms with Gasteiger partial charge in [-0.2, -0.15) is 0 Å². The lowest BCUT2D eigenvalue weighted by Gasteiger charge is -2.36. The minimum atomic E-state index is 0.429. The van der Waals surface area contributed by atoms with Gasteiger partial charge < -0.3 is 4.74 Å². The predicted molar refractivity (Wildman–Crippen MR) is 86.3 cm³/mol. The summed E-state index contributed by atoms with van der Waals surface area (Å²) in [6.45, 7) is 0.653. The molecule has 0 saturated carbocycles. The van der Waals surface area contributed by atoms with Crippen LogP contribution in [0.5, 0.6) is 5.75 Å². The fraction of sp³-hybridized carbons (Fsp3) is 0.188. The molecule has 0 bridgehead atoms. The van der Waals surface area contributed by atoms with Crippen LogP contribution < -0.4 is 9.75 Å². The molecule has 21 heavy (non-hydrogen) atoms. The van der Waals surface area contributed by atoms with Crippen LogP contribution in [-0.2, 0) is 6.54 Å². The van der Waals surface area contributed by atoms with E-state index in [-0.39, 0.29) is 0 Å². The number of methoxy groups -OCH3 is 1. The molecule has 0 fully saturated rings. The maximum absolute atomic E-state index is 6.36. The van der Waals surface area contributed by atoms with Crippen LogP contribution in [0, 0.1) is 0 Å². The SMILES string of the molecule is COc1cccc2c1N=C(Cl)N(N(C)c1ccccc1)C2. The molecule has 0 spiro atoms. The van der Waals surface area contributed by atoms with Gasteiger partial charge in [0.05, 0.1) is 19.3 Å². The molecule has 0 radical (unpaired) electrons. The average Bonchev–Trinajstić information content (AvgIpc) is 2.54. The number of anilines is 1. The molecule has 2 aromatic carbocycles. The lowest BCUT2D eigenvalue weighted by atomic mass is 10.1. The number of benzene rings is 2. The summed E-state index contributed by atoms with van der Waals surface area (Å²) in [6.07, 6.45) is 0. The second-order valence-electron chi connectivity index (χ2n) is 4.77. The van der Waals surface area contributed by atoms with E-state index in [9.17, 15) is 0 Å². The highest BCUT2D eigenvalue weighted by Gasteiger charge is 2.24. The van der Waals surface area contributed by atoms with Crippen LogP contribution in [0.15, 0.2) is 53.5 Å². The molecule has 5 heteroatoms. The average molecular weight is 302 g/mol. The topological polar surface area (TPSA) is 28.1 Å². The van der Waals surface area contributed by atoms with Gasteiger partial charge in [-0.1, -0.05) is 30.3 Å². The first-order valence-corrected chi connectivity index (χ1v) is 7.05. The second-order valence-corrected chi connectivity index (χ2v) is 5.10. The number of rotatable bonds is 3. The zero-order valence-electron chi connectivity index (χ0n) is 12.0. The normalized spacial score (nSPS) is 13.5. The molecule has 1 aliphatic rings. The Morgan fingerprint density at radius 3 is 2.62 bits per heavy atom. The second kappa shape index (κ2) is 5.66. The van der Waals surface area contributed by atoms with Crippen molar-refractivity contribution in [1.82, 2.24) is 5.01 Å². The summed E-state index contributed by atoms with van der Waals surface area (Å²) in [6, 6.07) is 15.9. The minimum Gasteiger partial charge on any atom is -0.494 e.